The van der Waals surface area contributed by atoms with Gasteiger partial charge in [0, 0.05) is 25.3 Å². The highest BCUT2D eigenvalue weighted by molar-refractivity contribution is 5.78. The molecule has 1 fully saturated rings. The predicted octanol–water partition coefficient (Wildman–Crippen LogP) is 0.801. The number of hydrogen-bond acceptors (Lipinski definition) is 3. The second-order valence-electron chi connectivity index (χ2n) is 4.52. The second kappa shape index (κ2) is 5.77. The van der Waals surface area contributed by atoms with Crippen molar-refractivity contribution in [1.82, 2.24) is 15.6 Å². The maximum absolute atomic E-state index is 11.6. The summed E-state index contributed by atoms with van der Waals surface area (Å²) in [5, 5.41) is 6.26. The van der Waals surface area contributed by atoms with Crippen molar-refractivity contribution in [2.45, 2.75) is 32.2 Å². The van der Waals surface area contributed by atoms with Crippen molar-refractivity contribution in [2.75, 3.05) is 13.1 Å². The van der Waals surface area contributed by atoms with Crippen LogP contribution >= 0.6 is 0 Å². The van der Waals surface area contributed by atoms with Crippen LogP contribution in [0.5, 0.6) is 0 Å². The number of nitrogens with zero attached hydrogens (tertiary/aromatic N) is 1. The van der Waals surface area contributed by atoms with Crippen molar-refractivity contribution in [3.05, 3.63) is 29.6 Å². The first kappa shape index (κ1) is 12.0. The van der Waals surface area contributed by atoms with Crippen molar-refractivity contribution in [3.63, 3.8) is 0 Å². The maximum atomic E-state index is 11.6. The highest BCUT2D eigenvalue weighted by atomic mass is 16.1. The molecule has 0 bridgehead atoms. The van der Waals surface area contributed by atoms with Gasteiger partial charge in [0.2, 0.25) is 5.91 Å². The van der Waals surface area contributed by atoms with E-state index >= 15 is 0 Å². The lowest BCUT2D eigenvalue weighted by Gasteiger charge is -2.07. The summed E-state index contributed by atoms with van der Waals surface area (Å²) >= 11 is 0. The third-order valence-electron chi connectivity index (χ3n) is 2.90. The van der Waals surface area contributed by atoms with Gasteiger partial charge in [0.1, 0.15) is 0 Å². The van der Waals surface area contributed by atoms with E-state index in [1.165, 1.54) is 12.8 Å². The highest BCUT2D eigenvalue weighted by Gasteiger charge is 2.19. The number of carbonyl (C=O) groups is 1. The minimum atomic E-state index is 0.0457. The first-order valence-electron chi connectivity index (χ1n) is 6.16. The molecule has 0 saturated heterocycles. The fourth-order valence-corrected chi connectivity index (χ4v) is 1.68. The van der Waals surface area contributed by atoms with E-state index < -0.39 is 0 Å². The molecular weight excluding hydrogens is 214 g/mol. The Labute approximate surface area is 102 Å². The van der Waals surface area contributed by atoms with E-state index in [4.69, 9.17) is 0 Å². The van der Waals surface area contributed by atoms with Crippen LogP contribution in [-0.4, -0.2) is 30.0 Å². The van der Waals surface area contributed by atoms with Gasteiger partial charge < -0.3 is 10.6 Å². The van der Waals surface area contributed by atoms with E-state index in [0.29, 0.717) is 19.0 Å². The van der Waals surface area contributed by atoms with Crippen molar-refractivity contribution in [1.29, 1.82) is 0 Å². The zero-order chi connectivity index (χ0) is 12.1. The molecule has 0 aliphatic heterocycles. The molecule has 1 heterocycles. The van der Waals surface area contributed by atoms with Crippen LogP contribution < -0.4 is 10.6 Å². The van der Waals surface area contributed by atoms with Crippen LogP contribution in [0.15, 0.2) is 18.3 Å². The number of nitrogens with one attached hydrogen (secondary N) is 2. The van der Waals surface area contributed by atoms with Gasteiger partial charge in [-0.25, -0.2) is 0 Å². The van der Waals surface area contributed by atoms with E-state index in [-0.39, 0.29) is 5.91 Å². The summed E-state index contributed by atoms with van der Waals surface area (Å²) in [6.07, 6.45) is 4.66. The second-order valence-corrected chi connectivity index (χ2v) is 4.52. The van der Waals surface area contributed by atoms with E-state index in [0.717, 1.165) is 17.8 Å². The Morgan fingerprint density at radius 2 is 2.29 bits per heavy atom. The van der Waals surface area contributed by atoms with Gasteiger partial charge in [-0.2, -0.15) is 0 Å². The molecule has 92 valence electrons. The van der Waals surface area contributed by atoms with Crippen LogP contribution in [0.1, 0.15) is 24.1 Å². The Kier molecular flexibility index (Phi) is 4.09. The molecule has 0 atom stereocenters. The number of pyridine rings is 1. The minimum absolute atomic E-state index is 0.0457. The number of rotatable bonds is 6. The van der Waals surface area contributed by atoms with Gasteiger partial charge in [-0.1, -0.05) is 6.07 Å². The van der Waals surface area contributed by atoms with Gasteiger partial charge in [0.25, 0.3) is 0 Å². The first-order chi connectivity index (χ1) is 8.25. The molecule has 1 aliphatic rings. The lowest BCUT2D eigenvalue weighted by molar-refractivity contribution is -0.120. The zero-order valence-electron chi connectivity index (χ0n) is 10.2. The summed E-state index contributed by atoms with van der Waals surface area (Å²) in [7, 11) is 0. The summed E-state index contributed by atoms with van der Waals surface area (Å²) in [4.78, 5) is 15.9. The fraction of sp³-hybridized carbons (Fsp3) is 0.538. The van der Waals surface area contributed by atoms with Crippen LogP contribution in [-0.2, 0) is 11.2 Å². The number of amides is 1. The molecule has 1 aromatic heterocycles. The van der Waals surface area contributed by atoms with Crippen LogP contribution in [0, 0.1) is 6.92 Å². The predicted molar refractivity (Wildman–Crippen MR) is 66.7 cm³/mol. The van der Waals surface area contributed by atoms with Crippen LogP contribution in [0.4, 0.5) is 0 Å². The smallest absolute Gasteiger partial charge is 0.226 e. The maximum Gasteiger partial charge on any atom is 0.226 e. The number of hydrogen-bond donors (Lipinski definition) is 2. The lowest BCUT2D eigenvalue weighted by atomic mass is 10.1. The molecule has 4 nitrogen and oxygen atoms in total. The van der Waals surface area contributed by atoms with E-state index in [1.807, 2.05) is 19.1 Å². The normalized spacial score (nSPS) is 14.6. The average molecular weight is 233 g/mol. The third-order valence-corrected chi connectivity index (χ3v) is 2.90. The topological polar surface area (TPSA) is 54.0 Å². The Balaban J connectivity index is 1.67. The Morgan fingerprint density at radius 3 is 3.00 bits per heavy atom. The summed E-state index contributed by atoms with van der Waals surface area (Å²) in [5.41, 5.74) is 1.93. The number of aromatic nitrogens is 1. The van der Waals surface area contributed by atoms with Crippen molar-refractivity contribution >= 4 is 5.91 Å². The first-order valence-corrected chi connectivity index (χ1v) is 6.16. The van der Waals surface area contributed by atoms with Crippen molar-refractivity contribution in [3.8, 4) is 0 Å². The molecule has 1 saturated carbocycles. The molecule has 4 heteroatoms. The van der Waals surface area contributed by atoms with Gasteiger partial charge in [-0.3, -0.25) is 9.78 Å². The van der Waals surface area contributed by atoms with Gasteiger partial charge in [0.05, 0.1) is 12.1 Å². The Morgan fingerprint density at radius 1 is 1.47 bits per heavy atom. The van der Waals surface area contributed by atoms with Gasteiger partial charge >= 0.3 is 0 Å². The zero-order valence-corrected chi connectivity index (χ0v) is 10.2. The van der Waals surface area contributed by atoms with E-state index in [9.17, 15) is 4.79 Å². The van der Waals surface area contributed by atoms with Crippen LogP contribution in [0.2, 0.25) is 0 Å². The van der Waals surface area contributed by atoms with Crippen LogP contribution in [0.25, 0.3) is 0 Å². The van der Waals surface area contributed by atoms with Crippen molar-refractivity contribution in [2.24, 2.45) is 0 Å². The molecule has 1 amide bonds. The minimum Gasteiger partial charge on any atom is -0.354 e. The number of aryl methyl sites for hydroxylation is 1. The van der Waals surface area contributed by atoms with E-state index in [2.05, 4.69) is 15.6 Å². The quantitative estimate of drug-likeness (QED) is 0.715. The van der Waals surface area contributed by atoms with Gasteiger partial charge in [0.15, 0.2) is 0 Å². The molecule has 1 aliphatic carbocycles. The monoisotopic (exact) mass is 233 g/mol. The largest absolute Gasteiger partial charge is 0.354 e. The SMILES string of the molecule is Cc1cccnc1CC(=O)NCCNC1CC1. The van der Waals surface area contributed by atoms with E-state index in [1.54, 1.807) is 6.20 Å². The van der Waals surface area contributed by atoms with Gasteiger partial charge in [-0.15, -0.1) is 0 Å². The molecular formula is C13H19N3O. The summed E-state index contributed by atoms with van der Waals surface area (Å²) in [5.74, 6) is 0.0457. The molecule has 0 spiro atoms. The van der Waals surface area contributed by atoms with Gasteiger partial charge in [-0.05, 0) is 31.4 Å². The molecule has 0 radical (unpaired) electrons. The molecule has 2 rings (SSSR count). The molecule has 2 N–H and O–H groups in total. The Hall–Kier alpha value is -1.42. The summed E-state index contributed by atoms with van der Waals surface area (Å²) in [6.45, 7) is 3.53. The molecule has 0 aromatic carbocycles. The number of carbonyl (C=O) groups excluding carboxylic acids is 1. The lowest BCUT2D eigenvalue weighted by Crippen LogP contribution is -2.33. The average Bonchev–Trinajstić information content (AvgIpc) is 3.12. The highest BCUT2D eigenvalue weighted by Crippen LogP contribution is 2.17. The summed E-state index contributed by atoms with van der Waals surface area (Å²) < 4.78 is 0. The van der Waals surface area contributed by atoms with Crippen LogP contribution in [0.3, 0.4) is 0 Å². The fourth-order valence-electron chi connectivity index (χ4n) is 1.68. The summed E-state index contributed by atoms with van der Waals surface area (Å²) in [6, 6.07) is 4.56. The standard InChI is InChI=1S/C13H19N3O/c1-10-3-2-6-15-12(10)9-13(17)16-8-7-14-11-4-5-11/h2-3,6,11,14H,4-5,7-9H2,1H3,(H,16,17). The molecule has 17 heavy (non-hydrogen) atoms. The third kappa shape index (κ3) is 4.15. The van der Waals surface area contributed by atoms with Crippen molar-refractivity contribution < 1.29 is 4.79 Å². The molecule has 1 aromatic rings. The Bertz CT molecular complexity index is 388. The molecule has 0 unspecified atom stereocenters.